The lowest BCUT2D eigenvalue weighted by Gasteiger charge is -2.27. The van der Waals surface area contributed by atoms with Gasteiger partial charge >= 0.3 is 11.9 Å². The highest BCUT2D eigenvalue weighted by Crippen LogP contribution is 2.31. The zero-order chi connectivity index (χ0) is 53.7. The predicted molar refractivity (Wildman–Crippen MR) is 304 cm³/mol. The summed E-state index contributed by atoms with van der Waals surface area (Å²) in [5, 5.41) is 44.2. The van der Waals surface area contributed by atoms with Gasteiger partial charge in [-0.05, 0) is 51.6 Å². The van der Waals surface area contributed by atoms with E-state index in [1.54, 1.807) is 0 Å². The van der Waals surface area contributed by atoms with E-state index in [4.69, 9.17) is 18.9 Å². The van der Waals surface area contributed by atoms with Crippen LogP contribution in [0.1, 0.15) is 285 Å². The Morgan fingerprint density at radius 2 is 0.608 bits per heavy atom. The minimum Gasteiger partial charge on any atom is -0.457 e. The van der Waals surface area contributed by atoms with Crippen LogP contribution in [0.15, 0.2) is 0 Å². The average molecular weight is 1050 g/mol. The molecule has 0 aliphatic carbocycles. The molecule has 6 unspecified atom stereocenters. The predicted octanol–water partition coefficient (Wildman–Crippen LogP) is 13.3. The summed E-state index contributed by atoms with van der Waals surface area (Å²) in [5.74, 6) is -0.671. The highest BCUT2D eigenvalue weighted by molar-refractivity contribution is 5.70. The molecule has 2 saturated heterocycles. The summed E-state index contributed by atoms with van der Waals surface area (Å²) in [5.41, 5.74) is 0. The normalized spacial score (nSPS) is 19.3. The third kappa shape index (κ3) is 36.7. The first-order valence-electron chi connectivity index (χ1n) is 31.9. The standard InChI is InChI=1S/C62H120N2O10/c1-5-9-13-17-21-25-29-33-39-53(65)47-63(48-54(66)40-34-30-26-22-18-14-10-6-2)45-37-43-59(69)73-57-51-71-62-58(52-72-61(57)62)74-60(70)44-38-46-64(49-55(67)41-35-31-27-23-19-15-11-7-3)50-56(68)42-36-32-28-24-20-16-12-8-4/h53-58,61-62,65-68H,5-52H2,1-4H3/t53?,54?,55?,56?,57-,58?,61?,62-/m1/s1. The first-order valence-corrected chi connectivity index (χ1v) is 31.9. The number of carbonyl (C=O) groups is 2. The van der Waals surface area contributed by atoms with Gasteiger partial charge in [-0.25, -0.2) is 0 Å². The second kappa shape index (κ2) is 47.6. The number of rotatable bonds is 54. The molecular formula is C62H120N2O10. The number of fused-ring (bicyclic) bond motifs is 1. The first kappa shape index (κ1) is 68.7. The summed E-state index contributed by atoms with van der Waals surface area (Å²) < 4.78 is 23.9. The molecule has 0 amide bonds. The fourth-order valence-electron chi connectivity index (χ4n) is 11.1. The molecule has 0 saturated carbocycles. The number of aliphatic hydroxyl groups is 4. The number of ether oxygens (including phenoxy) is 4. The van der Waals surface area contributed by atoms with Crippen LogP contribution in [0.4, 0.5) is 0 Å². The molecule has 0 bridgehead atoms. The van der Waals surface area contributed by atoms with Crippen LogP contribution in [0.2, 0.25) is 0 Å². The quantitative estimate of drug-likeness (QED) is 0.0338. The Morgan fingerprint density at radius 3 is 0.851 bits per heavy atom. The Bertz CT molecular complexity index is 1130. The van der Waals surface area contributed by atoms with Gasteiger partial charge in [-0.1, -0.05) is 233 Å². The Balaban J connectivity index is 1.81. The van der Waals surface area contributed by atoms with Gasteiger partial charge in [0.1, 0.15) is 12.2 Å². The molecule has 0 spiro atoms. The van der Waals surface area contributed by atoms with Crippen molar-refractivity contribution in [1.82, 2.24) is 9.80 Å². The van der Waals surface area contributed by atoms with E-state index in [1.807, 2.05) is 0 Å². The van der Waals surface area contributed by atoms with E-state index in [0.717, 1.165) is 77.0 Å². The van der Waals surface area contributed by atoms with Gasteiger partial charge in [-0.3, -0.25) is 19.4 Å². The lowest BCUT2D eigenvalue weighted by molar-refractivity contribution is -0.155. The smallest absolute Gasteiger partial charge is 0.306 e. The van der Waals surface area contributed by atoms with Gasteiger partial charge in [-0.2, -0.15) is 0 Å². The van der Waals surface area contributed by atoms with Crippen LogP contribution in [-0.4, -0.2) is 143 Å². The summed E-state index contributed by atoms with van der Waals surface area (Å²) in [6.45, 7) is 12.4. The third-order valence-corrected chi connectivity index (χ3v) is 15.7. The minimum atomic E-state index is -0.586. The van der Waals surface area contributed by atoms with E-state index >= 15 is 0 Å². The third-order valence-electron chi connectivity index (χ3n) is 15.7. The maximum absolute atomic E-state index is 13.2. The van der Waals surface area contributed by atoms with Crippen molar-refractivity contribution in [2.75, 3.05) is 52.5 Å². The Labute approximate surface area is 454 Å². The Morgan fingerprint density at radius 1 is 0.378 bits per heavy atom. The summed E-state index contributed by atoms with van der Waals surface area (Å²) in [7, 11) is 0. The van der Waals surface area contributed by atoms with Gasteiger partial charge in [0.15, 0.2) is 12.2 Å². The van der Waals surface area contributed by atoms with Crippen molar-refractivity contribution in [3.63, 3.8) is 0 Å². The molecule has 2 aliphatic rings. The Hall–Kier alpha value is -1.38. The highest BCUT2D eigenvalue weighted by atomic mass is 16.7. The molecule has 4 N–H and O–H groups in total. The molecule has 8 atom stereocenters. The van der Waals surface area contributed by atoms with E-state index in [1.165, 1.54) is 154 Å². The van der Waals surface area contributed by atoms with E-state index in [2.05, 4.69) is 37.5 Å². The van der Waals surface area contributed by atoms with E-state index in [9.17, 15) is 30.0 Å². The van der Waals surface area contributed by atoms with Gasteiger partial charge in [0.05, 0.1) is 37.6 Å². The summed E-state index contributed by atoms with van der Waals surface area (Å²) >= 11 is 0. The van der Waals surface area contributed by atoms with E-state index in [0.29, 0.717) is 52.1 Å². The zero-order valence-corrected chi connectivity index (χ0v) is 48.7. The number of unbranched alkanes of at least 4 members (excludes halogenated alkanes) is 28. The largest absolute Gasteiger partial charge is 0.457 e. The van der Waals surface area contributed by atoms with Gasteiger partial charge in [0.25, 0.3) is 0 Å². The molecule has 2 aliphatic heterocycles. The fourth-order valence-corrected chi connectivity index (χ4v) is 11.1. The van der Waals surface area contributed by atoms with Crippen LogP contribution >= 0.6 is 0 Å². The van der Waals surface area contributed by atoms with Crippen LogP contribution in [0, 0.1) is 0 Å². The van der Waals surface area contributed by atoms with Crippen LogP contribution in [0.5, 0.6) is 0 Å². The molecule has 12 heteroatoms. The van der Waals surface area contributed by atoms with Gasteiger partial charge in [-0.15, -0.1) is 0 Å². The molecule has 74 heavy (non-hydrogen) atoms. The lowest BCUT2D eigenvalue weighted by Crippen LogP contribution is -2.39. The van der Waals surface area contributed by atoms with Crippen LogP contribution in [0.25, 0.3) is 0 Å². The van der Waals surface area contributed by atoms with Crippen LogP contribution in [-0.2, 0) is 28.5 Å². The maximum Gasteiger partial charge on any atom is 0.306 e. The van der Waals surface area contributed by atoms with E-state index in [-0.39, 0.29) is 38.0 Å². The van der Waals surface area contributed by atoms with Crippen LogP contribution in [0.3, 0.4) is 0 Å². The fraction of sp³-hybridized carbons (Fsp3) is 0.968. The topological polar surface area (TPSA) is 158 Å². The van der Waals surface area contributed by atoms with Crippen molar-refractivity contribution in [1.29, 1.82) is 0 Å². The lowest BCUT2D eigenvalue weighted by atomic mass is 10.0. The molecular weight excluding hydrogens is 933 g/mol. The monoisotopic (exact) mass is 1050 g/mol. The van der Waals surface area contributed by atoms with E-state index < -0.39 is 48.8 Å². The molecule has 0 aromatic heterocycles. The number of hydrogen-bond acceptors (Lipinski definition) is 12. The van der Waals surface area contributed by atoms with Gasteiger partial charge < -0.3 is 39.4 Å². The van der Waals surface area contributed by atoms with Crippen LogP contribution < -0.4 is 0 Å². The number of hydrogen-bond donors (Lipinski definition) is 4. The van der Waals surface area contributed by atoms with Crippen molar-refractivity contribution in [2.24, 2.45) is 0 Å². The van der Waals surface area contributed by atoms with Crippen molar-refractivity contribution in [2.45, 2.75) is 333 Å². The van der Waals surface area contributed by atoms with Gasteiger partial charge in [0.2, 0.25) is 0 Å². The second-order valence-electron chi connectivity index (χ2n) is 23.0. The number of nitrogens with zero attached hydrogens (tertiary/aromatic N) is 2. The summed E-state index contributed by atoms with van der Waals surface area (Å²) in [6.07, 6.45) is 39.5. The number of aliphatic hydroxyl groups excluding tert-OH is 4. The SMILES string of the molecule is CCCCCCCCCCC(O)CN(CCCC(=O)OC1COC2[C@@H]1OC[C@H]2OC(=O)CCCN(CC(O)CCCCCCCCCC)CC(O)CCCCCCCCCC)CC(O)CCCCCCCCCC. The number of esters is 2. The molecule has 0 aromatic rings. The molecule has 12 nitrogen and oxygen atoms in total. The van der Waals surface area contributed by atoms with Crippen molar-refractivity contribution in [3.8, 4) is 0 Å². The summed E-state index contributed by atoms with van der Waals surface area (Å²) in [6, 6.07) is 0. The van der Waals surface area contributed by atoms with Crippen molar-refractivity contribution in [3.05, 3.63) is 0 Å². The second-order valence-corrected chi connectivity index (χ2v) is 23.0. The number of carbonyl (C=O) groups excluding carboxylic acids is 2. The first-order chi connectivity index (χ1) is 36.1. The molecule has 2 rings (SSSR count). The molecule has 0 aromatic carbocycles. The van der Waals surface area contributed by atoms with Crippen molar-refractivity contribution < 1.29 is 49.0 Å². The minimum absolute atomic E-state index is 0.175. The maximum atomic E-state index is 13.2. The highest BCUT2D eigenvalue weighted by Gasteiger charge is 2.51. The molecule has 0 radical (unpaired) electrons. The molecule has 2 fully saturated rings. The van der Waals surface area contributed by atoms with Gasteiger partial charge in [0, 0.05) is 39.0 Å². The average Bonchev–Trinajstić information content (AvgIpc) is 3.97. The Kier molecular flexibility index (Phi) is 44.2. The summed E-state index contributed by atoms with van der Waals surface area (Å²) in [4.78, 5) is 30.7. The zero-order valence-electron chi connectivity index (χ0n) is 48.7. The molecule has 438 valence electrons. The van der Waals surface area contributed by atoms with Crippen molar-refractivity contribution >= 4 is 11.9 Å². The molecule has 2 heterocycles.